The number of aliphatic hydroxyl groups is 1. The van der Waals surface area contributed by atoms with Gasteiger partial charge in [-0.2, -0.15) is 11.8 Å². The number of nitro benzene ring substituents is 1. The maximum absolute atomic E-state index is 10.6. The molecule has 0 saturated carbocycles. The predicted octanol–water partition coefficient (Wildman–Crippen LogP) is 2.12. The quantitative estimate of drug-likeness (QED) is 0.423. The number of nitrogens with one attached hydrogen (secondary N) is 1. The normalized spacial score (nSPS) is 10.2. The molecule has 0 amide bonds. The zero-order valence-corrected chi connectivity index (χ0v) is 10.3. The number of thioether (sulfide) groups is 1. The van der Waals surface area contributed by atoms with Crippen molar-refractivity contribution < 1.29 is 10.0 Å². The van der Waals surface area contributed by atoms with Crippen molar-refractivity contribution in [3.8, 4) is 0 Å². The largest absolute Gasteiger partial charge is 0.396 e. The first kappa shape index (κ1) is 13.8. The van der Waals surface area contributed by atoms with Crippen molar-refractivity contribution in [3.05, 3.63) is 34.4 Å². The standard InChI is InChI=1S/C11H16N2O3S/c14-6-2-7-17-8-5-12-10-3-1-4-11(9-10)13(15)16/h1,3-4,9,12,14H,2,5-8H2. The second kappa shape index (κ2) is 7.92. The molecule has 0 aliphatic rings. The Hall–Kier alpha value is -1.27. The third kappa shape index (κ3) is 5.55. The second-order valence-corrected chi connectivity index (χ2v) is 4.65. The smallest absolute Gasteiger partial charge is 0.271 e. The Labute approximate surface area is 104 Å². The minimum atomic E-state index is -0.402. The van der Waals surface area contributed by atoms with Crippen LogP contribution >= 0.6 is 11.8 Å². The van der Waals surface area contributed by atoms with E-state index in [1.54, 1.807) is 17.8 Å². The minimum Gasteiger partial charge on any atom is -0.396 e. The summed E-state index contributed by atoms with van der Waals surface area (Å²) in [4.78, 5) is 10.1. The summed E-state index contributed by atoms with van der Waals surface area (Å²) in [6.07, 6.45) is 0.807. The molecular weight excluding hydrogens is 240 g/mol. The molecule has 0 aliphatic heterocycles. The Balaban J connectivity index is 2.27. The highest BCUT2D eigenvalue weighted by atomic mass is 32.2. The number of rotatable bonds is 8. The lowest BCUT2D eigenvalue weighted by Crippen LogP contribution is -2.05. The van der Waals surface area contributed by atoms with Crippen molar-refractivity contribution in [2.24, 2.45) is 0 Å². The topological polar surface area (TPSA) is 75.4 Å². The number of hydrogen-bond acceptors (Lipinski definition) is 5. The summed E-state index contributed by atoms with van der Waals surface area (Å²) in [5.74, 6) is 1.86. The molecule has 0 atom stereocenters. The zero-order valence-electron chi connectivity index (χ0n) is 9.46. The third-order valence-electron chi connectivity index (χ3n) is 2.08. The van der Waals surface area contributed by atoms with Crippen LogP contribution in [0.1, 0.15) is 6.42 Å². The molecule has 0 bridgehead atoms. The number of nitro groups is 1. The van der Waals surface area contributed by atoms with E-state index in [2.05, 4.69) is 5.32 Å². The van der Waals surface area contributed by atoms with Crippen molar-refractivity contribution in [3.63, 3.8) is 0 Å². The lowest BCUT2D eigenvalue weighted by Gasteiger charge is -2.05. The maximum Gasteiger partial charge on any atom is 0.271 e. The van der Waals surface area contributed by atoms with Gasteiger partial charge in [0.15, 0.2) is 0 Å². The Morgan fingerprint density at radius 3 is 2.94 bits per heavy atom. The lowest BCUT2D eigenvalue weighted by molar-refractivity contribution is -0.384. The van der Waals surface area contributed by atoms with Gasteiger partial charge >= 0.3 is 0 Å². The molecule has 94 valence electrons. The van der Waals surface area contributed by atoms with Gasteiger partial charge in [0, 0.05) is 36.7 Å². The van der Waals surface area contributed by atoms with E-state index in [0.717, 1.165) is 30.2 Å². The fraction of sp³-hybridized carbons (Fsp3) is 0.455. The molecule has 1 aromatic carbocycles. The fourth-order valence-corrected chi connectivity index (χ4v) is 2.05. The van der Waals surface area contributed by atoms with Crippen LogP contribution in [0.15, 0.2) is 24.3 Å². The van der Waals surface area contributed by atoms with Crippen LogP contribution in [0.2, 0.25) is 0 Å². The first-order valence-corrected chi connectivity index (χ1v) is 6.56. The van der Waals surface area contributed by atoms with Gasteiger partial charge in [0.2, 0.25) is 0 Å². The van der Waals surface area contributed by atoms with Gasteiger partial charge in [0.05, 0.1) is 4.92 Å². The summed E-state index contributed by atoms with van der Waals surface area (Å²) in [5.41, 5.74) is 0.866. The van der Waals surface area contributed by atoms with Crippen molar-refractivity contribution in [1.82, 2.24) is 0 Å². The number of hydrogen-bond donors (Lipinski definition) is 2. The third-order valence-corrected chi connectivity index (χ3v) is 3.15. The Morgan fingerprint density at radius 1 is 1.41 bits per heavy atom. The van der Waals surface area contributed by atoms with Gasteiger partial charge in [-0.05, 0) is 18.2 Å². The lowest BCUT2D eigenvalue weighted by atomic mass is 10.3. The summed E-state index contributed by atoms with van der Waals surface area (Å²) in [6.45, 7) is 0.989. The van der Waals surface area contributed by atoms with Gasteiger partial charge in [-0.15, -0.1) is 0 Å². The van der Waals surface area contributed by atoms with Crippen LogP contribution in [-0.2, 0) is 0 Å². The average molecular weight is 256 g/mol. The molecule has 0 fully saturated rings. The van der Waals surface area contributed by atoms with E-state index >= 15 is 0 Å². The number of aliphatic hydroxyl groups excluding tert-OH is 1. The van der Waals surface area contributed by atoms with Gasteiger partial charge in [-0.25, -0.2) is 0 Å². The van der Waals surface area contributed by atoms with E-state index in [1.165, 1.54) is 12.1 Å². The van der Waals surface area contributed by atoms with Crippen LogP contribution in [0.4, 0.5) is 11.4 Å². The Morgan fingerprint density at radius 2 is 2.24 bits per heavy atom. The summed E-state index contributed by atoms with van der Waals surface area (Å²) in [5, 5.41) is 22.3. The molecule has 6 heteroatoms. The monoisotopic (exact) mass is 256 g/mol. The van der Waals surface area contributed by atoms with Gasteiger partial charge in [-0.1, -0.05) is 6.07 Å². The summed E-state index contributed by atoms with van der Waals surface area (Å²) in [7, 11) is 0. The molecule has 1 rings (SSSR count). The van der Waals surface area contributed by atoms with E-state index < -0.39 is 4.92 Å². The van der Waals surface area contributed by atoms with Crippen LogP contribution < -0.4 is 5.32 Å². The van der Waals surface area contributed by atoms with Crippen LogP contribution in [0.3, 0.4) is 0 Å². The highest BCUT2D eigenvalue weighted by molar-refractivity contribution is 7.99. The van der Waals surface area contributed by atoms with Crippen molar-refractivity contribution in [1.29, 1.82) is 0 Å². The highest BCUT2D eigenvalue weighted by Gasteiger charge is 2.04. The summed E-state index contributed by atoms with van der Waals surface area (Å²) in [6, 6.07) is 6.48. The Kier molecular flexibility index (Phi) is 6.42. The highest BCUT2D eigenvalue weighted by Crippen LogP contribution is 2.16. The van der Waals surface area contributed by atoms with E-state index in [1.807, 2.05) is 6.07 Å². The van der Waals surface area contributed by atoms with Gasteiger partial charge in [0.1, 0.15) is 0 Å². The number of anilines is 1. The predicted molar refractivity (Wildman–Crippen MR) is 70.6 cm³/mol. The SMILES string of the molecule is O=[N+]([O-])c1cccc(NCCSCCCO)c1. The van der Waals surface area contributed by atoms with Crippen molar-refractivity contribution in [2.75, 3.05) is 30.0 Å². The molecule has 0 aliphatic carbocycles. The molecule has 1 aromatic rings. The molecule has 2 N–H and O–H groups in total. The van der Waals surface area contributed by atoms with E-state index in [0.29, 0.717) is 0 Å². The zero-order chi connectivity index (χ0) is 12.5. The average Bonchev–Trinajstić information content (AvgIpc) is 2.34. The number of nitrogens with zero attached hydrogens (tertiary/aromatic N) is 1. The molecule has 0 unspecified atom stereocenters. The fourth-order valence-electron chi connectivity index (χ4n) is 1.27. The molecule has 17 heavy (non-hydrogen) atoms. The summed E-state index contributed by atoms with van der Waals surface area (Å²) < 4.78 is 0. The van der Waals surface area contributed by atoms with Crippen LogP contribution in [-0.4, -0.2) is 34.7 Å². The van der Waals surface area contributed by atoms with E-state index in [4.69, 9.17) is 5.11 Å². The first-order chi connectivity index (χ1) is 8.24. The molecular formula is C11H16N2O3S. The van der Waals surface area contributed by atoms with Crippen molar-refractivity contribution in [2.45, 2.75) is 6.42 Å². The van der Waals surface area contributed by atoms with Crippen LogP contribution in [0.25, 0.3) is 0 Å². The van der Waals surface area contributed by atoms with E-state index in [-0.39, 0.29) is 12.3 Å². The molecule has 0 radical (unpaired) electrons. The van der Waals surface area contributed by atoms with Crippen LogP contribution in [0.5, 0.6) is 0 Å². The van der Waals surface area contributed by atoms with E-state index in [9.17, 15) is 10.1 Å². The summed E-state index contributed by atoms with van der Waals surface area (Å²) >= 11 is 1.75. The first-order valence-electron chi connectivity index (χ1n) is 5.41. The van der Waals surface area contributed by atoms with Crippen molar-refractivity contribution >= 4 is 23.1 Å². The molecule has 0 heterocycles. The van der Waals surface area contributed by atoms with Gasteiger partial charge < -0.3 is 10.4 Å². The molecule has 5 nitrogen and oxygen atoms in total. The minimum absolute atomic E-state index is 0.0999. The van der Waals surface area contributed by atoms with Crippen LogP contribution in [0, 0.1) is 10.1 Å². The van der Waals surface area contributed by atoms with Gasteiger partial charge in [0.25, 0.3) is 5.69 Å². The maximum atomic E-state index is 10.6. The second-order valence-electron chi connectivity index (χ2n) is 3.42. The Bertz CT molecular complexity index is 360. The number of benzene rings is 1. The molecule has 0 aromatic heterocycles. The number of non-ortho nitro benzene ring substituents is 1. The molecule has 0 spiro atoms. The molecule has 0 saturated heterocycles. The van der Waals surface area contributed by atoms with Gasteiger partial charge in [-0.3, -0.25) is 10.1 Å².